The number of aromatic nitrogens is 3. The number of hydrogen-bond acceptors (Lipinski definition) is 3. The molecule has 4 nitrogen and oxygen atoms in total. The number of rotatable bonds is 3. The lowest BCUT2D eigenvalue weighted by molar-refractivity contribution is 0.416. The van der Waals surface area contributed by atoms with Gasteiger partial charge in [0.2, 0.25) is 0 Å². The largest absolute Gasteiger partial charge is 0.496 e. The second kappa shape index (κ2) is 5.57. The number of pyridine rings is 2. The number of benzene rings is 1. The molecule has 0 atom stereocenters. The van der Waals surface area contributed by atoms with Gasteiger partial charge in [-0.05, 0) is 42.5 Å². The fraction of sp³-hybridized carbons (Fsp3) is 0.0526. The highest BCUT2D eigenvalue weighted by Gasteiger charge is 2.11. The molecule has 4 heteroatoms. The molecule has 0 fully saturated rings. The molecule has 0 radical (unpaired) electrons. The molecule has 112 valence electrons. The molecular weight excluding hydrogens is 286 g/mol. The van der Waals surface area contributed by atoms with Gasteiger partial charge in [0.05, 0.1) is 24.0 Å². The van der Waals surface area contributed by atoms with Gasteiger partial charge in [-0.2, -0.15) is 5.10 Å². The number of ether oxygens (including phenoxy) is 1. The quantitative estimate of drug-likeness (QED) is 0.572. The van der Waals surface area contributed by atoms with Crippen LogP contribution < -0.4 is 4.74 Å². The molecule has 3 aromatic heterocycles. The molecule has 4 aromatic rings. The molecule has 23 heavy (non-hydrogen) atoms. The van der Waals surface area contributed by atoms with Crippen LogP contribution >= 0.6 is 0 Å². The normalized spacial score (nSPS) is 10.8. The number of hydrogen-bond donors (Lipinski definition) is 0. The van der Waals surface area contributed by atoms with Gasteiger partial charge >= 0.3 is 0 Å². The van der Waals surface area contributed by atoms with Crippen LogP contribution in [0.1, 0.15) is 0 Å². The third kappa shape index (κ3) is 2.44. The van der Waals surface area contributed by atoms with E-state index in [4.69, 9.17) is 4.74 Å². The minimum absolute atomic E-state index is 0.790. The Hall–Kier alpha value is -3.14. The zero-order valence-electron chi connectivity index (χ0n) is 12.7. The second-order valence-corrected chi connectivity index (χ2v) is 5.23. The van der Waals surface area contributed by atoms with E-state index in [1.807, 2.05) is 65.3 Å². The summed E-state index contributed by atoms with van der Waals surface area (Å²) >= 11 is 0. The second-order valence-electron chi connectivity index (χ2n) is 5.23. The predicted octanol–water partition coefficient (Wildman–Crippen LogP) is 4.07. The first-order valence-corrected chi connectivity index (χ1v) is 7.39. The molecular formula is C19H15N3O. The first kappa shape index (κ1) is 13.5. The third-order valence-electron chi connectivity index (χ3n) is 3.81. The van der Waals surface area contributed by atoms with Crippen LogP contribution in [0.4, 0.5) is 0 Å². The van der Waals surface area contributed by atoms with E-state index in [1.165, 1.54) is 0 Å². The van der Waals surface area contributed by atoms with Crippen LogP contribution in [0.15, 0.2) is 73.1 Å². The Balaban J connectivity index is 1.81. The highest BCUT2D eigenvalue weighted by Crippen LogP contribution is 2.33. The van der Waals surface area contributed by atoms with Crippen molar-refractivity contribution in [3.63, 3.8) is 0 Å². The Morgan fingerprint density at radius 1 is 0.913 bits per heavy atom. The van der Waals surface area contributed by atoms with Crippen LogP contribution in [0.3, 0.4) is 0 Å². The molecule has 0 bridgehead atoms. The predicted molar refractivity (Wildman–Crippen MR) is 90.4 cm³/mol. The molecule has 1 aromatic carbocycles. The highest BCUT2D eigenvalue weighted by molar-refractivity contribution is 5.74. The molecule has 4 rings (SSSR count). The van der Waals surface area contributed by atoms with E-state index in [0.717, 1.165) is 33.8 Å². The first-order chi connectivity index (χ1) is 11.3. The maximum absolute atomic E-state index is 5.56. The standard InChI is InChI=1S/C19H15N3O/c1-23-19-12-14(8-9-16(19)17-7-2-4-10-20-17)18-13-15-6-3-5-11-22(15)21-18/h2-13H,1H3. The Bertz CT molecular complexity index is 928. The fourth-order valence-corrected chi connectivity index (χ4v) is 2.66. The maximum Gasteiger partial charge on any atom is 0.128 e. The molecule has 0 unspecified atom stereocenters. The van der Waals surface area contributed by atoms with E-state index in [-0.39, 0.29) is 0 Å². The van der Waals surface area contributed by atoms with Gasteiger partial charge in [0.25, 0.3) is 0 Å². The van der Waals surface area contributed by atoms with E-state index in [1.54, 1.807) is 13.3 Å². The zero-order chi connectivity index (χ0) is 15.6. The third-order valence-corrected chi connectivity index (χ3v) is 3.81. The maximum atomic E-state index is 5.56. The van der Waals surface area contributed by atoms with Crippen molar-refractivity contribution >= 4 is 5.52 Å². The summed E-state index contributed by atoms with van der Waals surface area (Å²) in [6.45, 7) is 0. The van der Waals surface area contributed by atoms with Crippen LogP contribution in [0.25, 0.3) is 28.0 Å². The van der Waals surface area contributed by atoms with Crippen molar-refractivity contribution in [3.8, 4) is 28.3 Å². The van der Waals surface area contributed by atoms with Crippen LogP contribution in [0.2, 0.25) is 0 Å². The van der Waals surface area contributed by atoms with E-state index < -0.39 is 0 Å². The van der Waals surface area contributed by atoms with Crippen LogP contribution in [0, 0.1) is 0 Å². The van der Waals surface area contributed by atoms with Gasteiger partial charge in [-0.3, -0.25) is 4.98 Å². The zero-order valence-corrected chi connectivity index (χ0v) is 12.7. The van der Waals surface area contributed by atoms with Gasteiger partial charge in [0.1, 0.15) is 5.75 Å². The van der Waals surface area contributed by atoms with Gasteiger partial charge in [0.15, 0.2) is 0 Å². The molecule has 0 aliphatic heterocycles. The van der Waals surface area contributed by atoms with Crippen molar-refractivity contribution in [3.05, 3.63) is 73.1 Å². The van der Waals surface area contributed by atoms with E-state index in [0.29, 0.717) is 0 Å². The van der Waals surface area contributed by atoms with Crippen molar-refractivity contribution in [2.24, 2.45) is 0 Å². The lowest BCUT2D eigenvalue weighted by atomic mass is 10.0. The number of nitrogens with zero attached hydrogens (tertiary/aromatic N) is 3. The lowest BCUT2D eigenvalue weighted by Gasteiger charge is -2.09. The van der Waals surface area contributed by atoms with E-state index >= 15 is 0 Å². The molecule has 3 heterocycles. The first-order valence-electron chi connectivity index (χ1n) is 7.39. The minimum Gasteiger partial charge on any atom is -0.496 e. The summed E-state index contributed by atoms with van der Waals surface area (Å²) in [6, 6.07) is 20.0. The summed E-state index contributed by atoms with van der Waals surface area (Å²) < 4.78 is 7.43. The Morgan fingerprint density at radius 2 is 1.83 bits per heavy atom. The minimum atomic E-state index is 0.790. The van der Waals surface area contributed by atoms with Crippen LogP contribution in [-0.4, -0.2) is 21.7 Å². The summed E-state index contributed by atoms with van der Waals surface area (Å²) in [7, 11) is 1.68. The SMILES string of the molecule is COc1cc(-c2cc3ccccn3n2)ccc1-c1ccccn1. The van der Waals surface area contributed by atoms with E-state index in [9.17, 15) is 0 Å². The Labute approximate surface area is 134 Å². The lowest BCUT2D eigenvalue weighted by Crippen LogP contribution is -1.91. The highest BCUT2D eigenvalue weighted by atomic mass is 16.5. The summed E-state index contributed by atoms with van der Waals surface area (Å²) in [5.41, 5.74) is 4.87. The topological polar surface area (TPSA) is 39.4 Å². The smallest absolute Gasteiger partial charge is 0.128 e. The molecule has 0 aliphatic rings. The fourth-order valence-electron chi connectivity index (χ4n) is 2.66. The van der Waals surface area contributed by atoms with E-state index in [2.05, 4.69) is 16.1 Å². The Morgan fingerprint density at radius 3 is 2.61 bits per heavy atom. The molecule has 0 spiro atoms. The van der Waals surface area contributed by atoms with Crippen molar-refractivity contribution in [1.29, 1.82) is 0 Å². The van der Waals surface area contributed by atoms with Crippen LogP contribution in [0.5, 0.6) is 5.75 Å². The van der Waals surface area contributed by atoms with Gasteiger partial charge in [0, 0.05) is 23.5 Å². The molecule has 0 saturated carbocycles. The van der Waals surface area contributed by atoms with Crippen molar-refractivity contribution in [1.82, 2.24) is 14.6 Å². The van der Waals surface area contributed by atoms with Crippen LogP contribution in [-0.2, 0) is 0 Å². The van der Waals surface area contributed by atoms with Crippen molar-refractivity contribution in [2.75, 3.05) is 7.11 Å². The monoisotopic (exact) mass is 301 g/mol. The number of fused-ring (bicyclic) bond motifs is 1. The average molecular weight is 301 g/mol. The van der Waals surface area contributed by atoms with Crippen molar-refractivity contribution < 1.29 is 4.74 Å². The summed E-state index contributed by atoms with van der Waals surface area (Å²) in [6.07, 6.45) is 3.73. The van der Waals surface area contributed by atoms with Gasteiger partial charge in [-0.15, -0.1) is 0 Å². The molecule has 0 aliphatic carbocycles. The number of methoxy groups -OCH3 is 1. The molecule has 0 amide bonds. The Kier molecular flexibility index (Phi) is 3.27. The van der Waals surface area contributed by atoms with Crippen molar-refractivity contribution in [2.45, 2.75) is 0 Å². The van der Waals surface area contributed by atoms with Gasteiger partial charge in [-0.1, -0.05) is 18.2 Å². The molecule has 0 saturated heterocycles. The van der Waals surface area contributed by atoms with Gasteiger partial charge < -0.3 is 4.74 Å². The summed E-state index contributed by atoms with van der Waals surface area (Å²) in [5, 5.41) is 4.61. The summed E-state index contributed by atoms with van der Waals surface area (Å²) in [4.78, 5) is 4.40. The molecule has 0 N–H and O–H groups in total. The summed E-state index contributed by atoms with van der Waals surface area (Å²) in [5.74, 6) is 0.790. The average Bonchev–Trinajstić information content (AvgIpc) is 3.06. The van der Waals surface area contributed by atoms with Gasteiger partial charge in [-0.25, -0.2) is 4.52 Å².